The summed E-state index contributed by atoms with van der Waals surface area (Å²) in [6.07, 6.45) is 4.63. The first-order chi connectivity index (χ1) is 6.20. The Kier molecular flexibility index (Phi) is 8.51. The lowest BCUT2D eigenvalue weighted by Crippen LogP contribution is -2.14. The van der Waals surface area contributed by atoms with Gasteiger partial charge in [-0.1, -0.05) is 29.3 Å². The van der Waals surface area contributed by atoms with Gasteiger partial charge in [0, 0.05) is 11.8 Å². The molecule has 0 aromatic heterocycles. The molecule has 0 aliphatic rings. The number of unbranched alkanes of at least 4 members (excludes halogenated alkanes) is 1. The third-order valence-corrected chi connectivity index (χ3v) is 2.35. The fraction of sp³-hybridized carbons (Fsp3) is 0.900. The maximum atomic E-state index is 11.2. The number of esters is 1. The second kappa shape index (κ2) is 8.54. The summed E-state index contributed by atoms with van der Waals surface area (Å²) in [7, 11) is 0. The van der Waals surface area contributed by atoms with Gasteiger partial charge in [0.15, 0.2) is 0 Å². The van der Waals surface area contributed by atoms with Gasteiger partial charge in [-0.25, -0.2) is 0 Å². The molecule has 0 amide bonds. The van der Waals surface area contributed by atoms with E-state index >= 15 is 0 Å². The van der Waals surface area contributed by atoms with Crippen molar-refractivity contribution in [1.82, 2.24) is 0 Å². The van der Waals surface area contributed by atoms with Crippen molar-refractivity contribution in [2.45, 2.75) is 52.1 Å². The average Bonchev–Trinajstić information content (AvgIpc) is 2.05. The summed E-state index contributed by atoms with van der Waals surface area (Å²) in [6, 6.07) is 0. The largest absolute Gasteiger partial charge is 0.463 e. The van der Waals surface area contributed by atoms with Gasteiger partial charge >= 0.3 is 5.97 Å². The molecular weight excluding hydrogens is 232 g/mol. The molecule has 13 heavy (non-hydrogen) atoms. The first-order valence-corrected chi connectivity index (χ1v) is 6.08. The van der Waals surface area contributed by atoms with Gasteiger partial charge in [-0.2, -0.15) is 0 Å². The van der Waals surface area contributed by atoms with Crippen LogP contribution in [0.5, 0.6) is 0 Å². The van der Waals surface area contributed by atoms with Gasteiger partial charge in [0.2, 0.25) is 0 Å². The molecule has 1 atom stereocenters. The summed E-state index contributed by atoms with van der Waals surface area (Å²) in [5.74, 6) is -0.0538. The highest BCUT2D eigenvalue weighted by Crippen LogP contribution is 2.05. The smallest absolute Gasteiger partial charge is 0.306 e. The monoisotopic (exact) mass is 250 g/mol. The maximum absolute atomic E-state index is 11.2. The molecule has 0 heterocycles. The Hall–Kier alpha value is -0.0500. The van der Waals surface area contributed by atoms with E-state index in [1.807, 2.05) is 6.92 Å². The zero-order chi connectivity index (χ0) is 10.1. The maximum Gasteiger partial charge on any atom is 0.306 e. The summed E-state index contributed by atoms with van der Waals surface area (Å²) < 4.78 is 5.18. The van der Waals surface area contributed by atoms with Crippen molar-refractivity contribution < 1.29 is 9.53 Å². The molecule has 0 saturated heterocycles. The molecule has 1 unspecified atom stereocenters. The van der Waals surface area contributed by atoms with Gasteiger partial charge in [-0.3, -0.25) is 4.79 Å². The van der Waals surface area contributed by atoms with Crippen molar-refractivity contribution in [2.24, 2.45) is 0 Å². The first kappa shape index (κ1) is 12.9. The predicted octanol–water partition coefficient (Wildman–Crippen LogP) is 3.28. The molecule has 0 aliphatic heterocycles. The van der Waals surface area contributed by atoms with Crippen LogP contribution in [0.3, 0.4) is 0 Å². The SMILES string of the molecule is CCCC(C)OC(=O)CCCCBr. The molecule has 0 spiro atoms. The van der Waals surface area contributed by atoms with Crippen LogP contribution in [0.25, 0.3) is 0 Å². The zero-order valence-corrected chi connectivity index (χ0v) is 10.1. The summed E-state index contributed by atoms with van der Waals surface area (Å²) in [5.41, 5.74) is 0. The van der Waals surface area contributed by atoms with E-state index in [0.29, 0.717) is 6.42 Å². The van der Waals surface area contributed by atoms with E-state index in [4.69, 9.17) is 4.74 Å². The predicted molar refractivity (Wildman–Crippen MR) is 58.1 cm³/mol. The minimum absolute atomic E-state index is 0.0538. The molecule has 0 fully saturated rings. The molecule has 0 aliphatic carbocycles. The Labute approximate surface area is 89.2 Å². The van der Waals surface area contributed by atoms with E-state index in [-0.39, 0.29) is 12.1 Å². The van der Waals surface area contributed by atoms with Crippen LogP contribution >= 0.6 is 15.9 Å². The molecule has 2 nitrogen and oxygen atoms in total. The number of carbonyl (C=O) groups is 1. The summed E-state index contributed by atoms with van der Waals surface area (Å²) in [4.78, 5) is 11.2. The summed E-state index contributed by atoms with van der Waals surface area (Å²) in [6.45, 7) is 4.04. The van der Waals surface area contributed by atoms with Crippen molar-refractivity contribution in [2.75, 3.05) is 5.33 Å². The topological polar surface area (TPSA) is 26.3 Å². The number of hydrogen-bond acceptors (Lipinski definition) is 2. The molecule has 3 heteroatoms. The molecule has 0 radical (unpaired) electrons. The van der Waals surface area contributed by atoms with Crippen LogP contribution in [0.2, 0.25) is 0 Å². The van der Waals surface area contributed by atoms with Crippen LogP contribution in [-0.4, -0.2) is 17.4 Å². The zero-order valence-electron chi connectivity index (χ0n) is 8.51. The molecular formula is C10H19BrO2. The molecule has 0 rings (SSSR count). The van der Waals surface area contributed by atoms with Crippen molar-refractivity contribution in [3.8, 4) is 0 Å². The molecule has 0 aromatic rings. The third-order valence-electron chi connectivity index (χ3n) is 1.79. The van der Waals surface area contributed by atoms with Crippen LogP contribution in [-0.2, 0) is 9.53 Å². The standard InChI is InChI=1S/C10H19BrO2/c1-3-6-9(2)13-10(12)7-4-5-8-11/h9H,3-8H2,1-2H3. The number of ether oxygens (including phenoxy) is 1. The van der Waals surface area contributed by atoms with Crippen LogP contribution in [0.4, 0.5) is 0 Å². The van der Waals surface area contributed by atoms with Gasteiger partial charge < -0.3 is 4.74 Å². The Bertz CT molecular complexity index is 137. The van der Waals surface area contributed by atoms with Crippen LogP contribution < -0.4 is 0 Å². The van der Waals surface area contributed by atoms with Crippen molar-refractivity contribution in [3.05, 3.63) is 0 Å². The van der Waals surface area contributed by atoms with Crippen molar-refractivity contribution >= 4 is 21.9 Å². The normalized spacial score (nSPS) is 12.5. The highest BCUT2D eigenvalue weighted by Gasteiger charge is 2.07. The lowest BCUT2D eigenvalue weighted by atomic mass is 10.2. The van der Waals surface area contributed by atoms with Crippen molar-refractivity contribution in [1.29, 1.82) is 0 Å². The van der Waals surface area contributed by atoms with E-state index < -0.39 is 0 Å². The lowest BCUT2D eigenvalue weighted by molar-refractivity contribution is -0.148. The molecule has 0 bridgehead atoms. The highest BCUT2D eigenvalue weighted by molar-refractivity contribution is 9.09. The summed E-state index contributed by atoms with van der Waals surface area (Å²) in [5, 5.41) is 0.963. The molecule has 0 N–H and O–H groups in total. The number of halogens is 1. The van der Waals surface area contributed by atoms with Crippen LogP contribution in [0.1, 0.15) is 46.0 Å². The van der Waals surface area contributed by atoms with E-state index in [1.165, 1.54) is 0 Å². The molecule has 0 saturated carbocycles. The Balaban J connectivity index is 3.38. The quantitative estimate of drug-likeness (QED) is 0.394. The van der Waals surface area contributed by atoms with E-state index in [0.717, 1.165) is 31.0 Å². The van der Waals surface area contributed by atoms with Gasteiger partial charge in [0.1, 0.15) is 0 Å². The second-order valence-corrected chi connectivity index (χ2v) is 4.03. The van der Waals surface area contributed by atoms with E-state index in [9.17, 15) is 4.79 Å². The third kappa shape index (κ3) is 8.28. The number of hydrogen-bond donors (Lipinski definition) is 0. The second-order valence-electron chi connectivity index (χ2n) is 3.24. The van der Waals surface area contributed by atoms with E-state index in [2.05, 4.69) is 22.9 Å². The molecule has 0 aromatic carbocycles. The number of alkyl halides is 1. The lowest BCUT2D eigenvalue weighted by Gasteiger charge is -2.11. The number of rotatable bonds is 7. The Morgan fingerprint density at radius 3 is 2.69 bits per heavy atom. The summed E-state index contributed by atoms with van der Waals surface area (Å²) >= 11 is 3.32. The fourth-order valence-corrected chi connectivity index (χ4v) is 1.51. The highest BCUT2D eigenvalue weighted by atomic mass is 79.9. The minimum atomic E-state index is -0.0538. The van der Waals surface area contributed by atoms with Gasteiger partial charge in [-0.15, -0.1) is 0 Å². The van der Waals surface area contributed by atoms with Crippen LogP contribution in [0, 0.1) is 0 Å². The van der Waals surface area contributed by atoms with Gasteiger partial charge in [-0.05, 0) is 26.2 Å². The van der Waals surface area contributed by atoms with E-state index in [1.54, 1.807) is 0 Å². The minimum Gasteiger partial charge on any atom is -0.463 e. The number of carbonyl (C=O) groups excluding carboxylic acids is 1. The van der Waals surface area contributed by atoms with Gasteiger partial charge in [0.05, 0.1) is 6.10 Å². The van der Waals surface area contributed by atoms with Crippen LogP contribution in [0.15, 0.2) is 0 Å². The molecule has 78 valence electrons. The van der Waals surface area contributed by atoms with Crippen molar-refractivity contribution in [3.63, 3.8) is 0 Å². The van der Waals surface area contributed by atoms with Gasteiger partial charge in [0.25, 0.3) is 0 Å². The Morgan fingerprint density at radius 1 is 1.46 bits per heavy atom. The fourth-order valence-electron chi connectivity index (χ4n) is 1.11. The Morgan fingerprint density at radius 2 is 2.15 bits per heavy atom. The first-order valence-electron chi connectivity index (χ1n) is 4.96. The average molecular weight is 251 g/mol.